The topological polar surface area (TPSA) is 38.4 Å². The number of hydrazone groups is 1. The summed E-state index contributed by atoms with van der Waals surface area (Å²) in [6.45, 7) is 4.43. The van der Waals surface area contributed by atoms with E-state index in [2.05, 4.69) is 25.0 Å². The number of benzene rings is 1. The Morgan fingerprint density at radius 2 is 2.14 bits per heavy atom. The first-order chi connectivity index (χ1) is 6.74. The number of nitrogens with zero attached hydrogens (tertiary/aromatic N) is 1. The summed E-state index contributed by atoms with van der Waals surface area (Å²) in [6, 6.07) is 8.16. The van der Waals surface area contributed by atoms with Gasteiger partial charge in [0.1, 0.15) is 0 Å². The zero-order valence-electron chi connectivity index (χ0n) is 8.60. The summed E-state index contributed by atoms with van der Waals surface area (Å²) < 4.78 is 0. The fraction of sp³-hybridized carbons (Fsp3) is 0.364. The first kappa shape index (κ1) is 11.1. The standard InChI is InChI=1S/C11H16N2S/c1-9(2)8-14-11-6-4-3-5-10(11)7-13-12/h3-7,9H,8,12H2,1-2H3. The molecule has 0 heterocycles. The van der Waals surface area contributed by atoms with Gasteiger partial charge in [-0.25, -0.2) is 0 Å². The van der Waals surface area contributed by atoms with E-state index in [4.69, 9.17) is 5.84 Å². The van der Waals surface area contributed by atoms with E-state index in [0.717, 1.165) is 11.3 Å². The predicted octanol–water partition coefficient (Wildman–Crippen LogP) is 2.73. The van der Waals surface area contributed by atoms with Crippen LogP contribution < -0.4 is 5.84 Å². The van der Waals surface area contributed by atoms with Crippen molar-refractivity contribution in [3.63, 3.8) is 0 Å². The SMILES string of the molecule is CC(C)CSc1ccccc1C=NN. The van der Waals surface area contributed by atoms with E-state index >= 15 is 0 Å². The lowest BCUT2D eigenvalue weighted by Crippen LogP contribution is -1.93. The first-order valence-electron chi connectivity index (χ1n) is 4.69. The van der Waals surface area contributed by atoms with Gasteiger partial charge in [0, 0.05) is 16.2 Å². The molecule has 0 saturated heterocycles. The van der Waals surface area contributed by atoms with Crippen LogP contribution in [-0.2, 0) is 0 Å². The Morgan fingerprint density at radius 3 is 2.79 bits per heavy atom. The second-order valence-electron chi connectivity index (χ2n) is 3.52. The number of thioether (sulfide) groups is 1. The number of hydrogen-bond acceptors (Lipinski definition) is 3. The van der Waals surface area contributed by atoms with Crippen LogP contribution in [0.15, 0.2) is 34.3 Å². The molecule has 3 heteroatoms. The van der Waals surface area contributed by atoms with Crippen LogP contribution in [0.25, 0.3) is 0 Å². The van der Waals surface area contributed by atoms with Crippen molar-refractivity contribution in [2.45, 2.75) is 18.7 Å². The summed E-state index contributed by atoms with van der Waals surface area (Å²) in [6.07, 6.45) is 1.70. The molecule has 0 amide bonds. The highest BCUT2D eigenvalue weighted by Crippen LogP contribution is 2.23. The van der Waals surface area contributed by atoms with Gasteiger partial charge in [-0.3, -0.25) is 0 Å². The Bertz CT molecular complexity index is 308. The van der Waals surface area contributed by atoms with E-state index < -0.39 is 0 Å². The molecule has 76 valence electrons. The fourth-order valence-corrected chi connectivity index (χ4v) is 2.03. The molecule has 0 spiro atoms. The molecule has 0 bridgehead atoms. The molecule has 0 aliphatic carbocycles. The van der Waals surface area contributed by atoms with Gasteiger partial charge in [0.15, 0.2) is 0 Å². The van der Waals surface area contributed by atoms with Gasteiger partial charge in [-0.05, 0) is 12.0 Å². The summed E-state index contributed by atoms with van der Waals surface area (Å²) in [5.41, 5.74) is 1.10. The van der Waals surface area contributed by atoms with E-state index in [9.17, 15) is 0 Å². The van der Waals surface area contributed by atoms with Crippen LogP contribution in [0.4, 0.5) is 0 Å². The van der Waals surface area contributed by atoms with Gasteiger partial charge in [0.25, 0.3) is 0 Å². The highest BCUT2D eigenvalue weighted by Gasteiger charge is 2.01. The summed E-state index contributed by atoms with van der Waals surface area (Å²) in [5, 5.41) is 3.56. The van der Waals surface area contributed by atoms with Gasteiger partial charge in [0.2, 0.25) is 0 Å². The molecule has 1 aromatic rings. The van der Waals surface area contributed by atoms with Crippen molar-refractivity contribution in [3.05, 3.63) is 29.8 Å². The molecule has 0 unspecified atom stereocenters. The zero-order valence-corrected chi connectivity index (χ0v) is 9.42. The molecule has 1 aromatic carbocycles. The normalized spacial score (nSPS) is 11.4. The summed E-state index contributed by atoms with van der Waals surface area (Å²) in [7, 11) is 0. The van der Waals surface area contributed by atoms with E-state index in [0.29, 0.717) is 5.92 Å². The Balaban J connectivity index is 2.74. The average Bonchev–Trinajstić information content (AvgIpc) is 2.17. The molecule has 14 heavy (non-hydrogen) atoms. The van der Waals surface area contributed by atoms with Crippen LogP contribution in [0.3, 0.4) is 0 Å². The molecule has 0 radical (unpaired) electrons. The minimum Gasteiger partial charge on any atom is -0.323 e. The van der Waals surface area contributed by atoms with Gasteiger partial charge >= 0.3 is 0 Å². The quantitative estimate of drug-likeness (QED) is 0.357. The van der Waals surface area contributed by atoms with Gasteiger partial charge in [-0.1, -0.05) is 32.0 Å². The summed E-state index contributed by atoms with van der Waals surface area (Å²) >= 11 is 1.85. The van der Waals surface area contributed by atoms with Crippen LogP contribution in [0.2, 0.25) is 0 Å². The van der Waals surface area contributed by atoms with Crippen molar-refractivity contribution < 1.29 is 0 Å². The van der Waals surface area contributed by atoms with E-state index in [1.807, 2.05) is 30.0 Å². The molecule has 0 fully saturated rings. The molecule has 0 aromatic heterocycles. The molecule has 2 N–H and O–H groups in total. The fourth-order valence-electron chi connectivity index (χ4n) is 1.06. The Morgan fingerprint density at radius 1 is 1.43 bits per heavy atom. The predicted molar refractivity (Wildman–Crippen MR) is 63.8 cm³/mol. The molecular weight excluding hydrogens is 192 g/mol. The number of nitrogens with two attached hydrogens (primary N) is 1. The van der Waals surface area contributed by atoms with Crippen LogP contribution in [0.5, 0.6) is 0 Å². The van der Waals surface area contributed by atoms with Crippen LogP contribution >= 0.6 is 11.8 Å². The van der Waals surface area contributed by atoms with Crippen molar-refractivity contribution in [1.29, 1.82) is 0 Å². The smallest absolute Gasteiger partial charge is 0.0549 e. The van der Waals surface area contributed by atoms with E-state index in [1.54, 1.807) is 6.21 Å². The van der Waals surface area contributed by atoms with Gasteiger partial charge < -0.3 is 5.84 Å². The second kappa shape index (κ2) is 5.70. The number of hydrogen-bond donors (Lipinski definition) is 1. The van der Waals surface area contributed by atoms with Crippen molar-refractivity contribution >= 4 is 18.0 Å². The third-order valence-corrected chi connectivity index (χ3v) is 3.22. The molecule has 0 aliphatic heterocycles. The highest BCUT2D eigenvalue weighted by atomic mass is 32.2. The van der Waals surface area contributed by atoms with Gasteiger partial charge in [-0.2, -0.15) is 5.10 Å². The first-order valence-corrected chi connectivity index (χ1v) is 5.67. The van der Waals surface area contributed by atoms with Gasteiger partial charge in [0.05, 0.1) is 6.21 Å². The lowest BCUT2D eigenvalue weighted by atomic mass is 10.2. The largest absolute Gasteiger partial charge is 0.323 e. The maximum absolute atomic E-state index is 5.15. The van der Waals surface area contributed by atoms with Gasteiger partial charge in [-0.15, -0.1) is 11.8 Å². The average molecular weight is 208 g/mol. The van der Waals surface area contributed by atoms with Crippen LogP contribution in [0.1, 0.15) is 19.4 Å². The monoisotopic (exact) mass is 208 g/mol. The Labute approximate surface area is 89.6 Å². The third-order valence-electron chi connectivity index (χ3n) is 1.70. The molecule has 0 saturated carbocycles. The molecule has 1 rings (SSSR count). The number of rotatable bonds is 4. The lowest BCUT2D eigenvalue weighted by molar-refractivity contribution is 0.750. The second-order valence-corrected chi connectivity index (χ2v) is 4.58. The lowest BCUT2D eigenvalue weighted by Gasteiger charge is -2.06. The van der Waals surface area contributed by atoms with Crippen molar-refractivity contribution in [3.8, 4) is 0 Å². The zero-order chi connectivity index (χ0) is 10.4. The maximum Gasteiger partial charge on any atom is 0.0549 e. The van der Waals surface area contributed by atoms with E-state index in [1.165, 1.54) is 4.90 Å². The molecule has 2 nitrogen and oxygen atoms in total. The van der Waals surface area contributed by atoms with Crippen molar-refractivity contribution in [2.75, 3.05) is 5.75 Å². The minimum atomic E-state index is 0.697. The Kier molecular flexibility index (Phi) is 4.53. The van der Waals surface area contributed by atoms with Crippen LogP contribution in [-0.4, -0.2) is 12.0 Å². The molecular formula is C11H16N2S. The third kappa shape index (κ3) is 3.42. The molecule has 0 atom stereocenters. The molecule has 0 aliphatic rings. The van der Waals surface area contributed by atoms with E-state index in [-0.39, 0.29) is 0 Å². The van der Waals surface area contributed by atoms with Crippen molar-refractivity contribution in [1.82, 2.24) is 0 Å². The Hall–Kier alpha value is -0.960. The minimum absolute atomic E-state index is 0.697. The van der Waals surface area contributed by atoms with Crippen LogP contribution in [0, 0.1) is 5.92 Å². The van der Waals surface area contributed by atoms with Crippen molar-refractivity contribution in [2.24, 2.45) is 16.9 Å². The maximum atomic E-state index is 5.15. The summed E-state index contributed by atoms with van der Waals surface area (Å²) in [5.74, 6) is 6.96. The highest BCUT2D eigenvalue weighted by molar-refractivity contribution is 7.99. The summed E-state index contributed by atoms with van der Waals surface area (Å²) in [4.78, 5) is 1.25.